The highest BCUT2D eigenvalue weighted by atomic mass is 19.1. The summed E-state index contributed by atoms with van der Waals surface area (Å²) in [4.78, 5) is 13.8. The Morgan fingerprint density at radius 1 is 1.35 bits per heavy atom. The highest BCUT2D eigenvalue weighted by Gasteiger charge is 2.20. The summed E-state index contributed by atoms with van der Waals surface area (Å²) in [6, 6.07) is 8.33. The van der Waals surface area contributed by atoms with E-state index in [1.165, 1.54) is 19.2 Å². The van der Waals surface area contributed by atoms with E-state index in [1.807, 2.05) is 0 Å². The van der Waals surface area contributed by atoms with E-state index in [2.05, 4.69) is 18.7 Å². The van der Waals surface area contributed by atoms with Gasteiger partial charge in [-0.3, -0.25) is 4.90 Å². The Balaban J connectivity index is 2.16. The van der Waals surface area contributed by atoms with E-state index in [4.69, 9.17) is 9.15 Å². The van der Waals surface area contributed by atoms with Crippen molar-refractivity contribution in [3.05, 3.63) is 58.8 Å². The molecule has 0 N–H and O–H groups in total. The van der Waals surface area contributed by atoms with Crippen LogP contribution in [0.1, 0.15) is 47.3 Å². The number of furan rings is 1. The van der Waals surface area contributed by atoms with Gasteiger partial charge in [0.2, 0.25) is 0 Å². The van der Waals surface area contributed by atoms with Gasteiger partial charge in [-0.15, -0.1) is 0 Å². The van der Waals surface area contributed by atoms with E-state index in [-0.39, 0.29) is 11.9 Å². The summed E-state index contributed by atoms with van der Waals surface area (Å²) in [5, 5.41) is 0. The van der Waals surface area contributed by atoms with Gasteiger partial charge in [0, 0.05) is 6.04 Å². The van der Waals surface area contributed by atoms with Crippen LogP contribution in [0.25, 0.3) is 0 Å². The van der Waals surface area contributed by atoms with Gasteiger partial charge in [-0.05, 0) is 44.2 Å². The van der Waals surface area contributed by atoms with Crippen LogP contribution < -0.4 is 0 Å². The van der Waals surface area contributed by atoms with Gasteiger partial charge in [0.05, 0.1) is 13.7 Å². The number of hydrogen-bond acceptors (Lipinski definition) is 4. The number of nitrogens with zero attached hydrogens (tertiary/aromatic N) is 1. The number of halogens is 1. The standard InChI is InChI=1S/C18H22FNO3/c1-5-20(12(2)14-6-8-15(19)9-7-14)11-16-10-17(13(3)23-16)18(21)22-4/h6-10,12H,5,11H2,1-4H3. The van der Waals surface area contributed by atoms with Gasteiger partial charge in [0.15, 0.2) is 0 Å². The molecule has 0 aliphatic rings. The van der Waals surface area contributed by atoms with E-state index in [0.717, 1.165) is 12.1 Å². The summed E-state index contributed by atoms with van der Waals surface area (Å²) in [7, 11) is 1.35. The van der Waals surface area contributed by atoms with Gasteiger partial charge in [0.1, 0.15) is 22.9 Å². The predicted octanol–water partition coefficient (Wildman–Crippen LogP) is 4.10. The third-order valence-corrected chi connectivity index (χ3v) is 4.04. The highest BCUT2D eigenvalue weighted by Crippen LogP contribution is 2.24. The van der Waals surface area contributed by atoms with Crippen LogP contribution in [0.2, 0.25) is 0 Å². The summed E-state index contributed by atoms with van der Waals surface area (Å²) in [5.74, 6) is 0.622. The monoisotopic (exact) mass is 319 g/mol. The lowest BCUT2D eigenvalue weighted by molar-refractivity contribution is 0.0599. The molecule has 4 nitrogen and oxygen atoms in total. The van der Waals surface area contributed by atoms with Gasteiger partial charge in [-0.25, -0.2) is 9.18 Å². The van der Waals surface area contributed by atoms with E-state index < -0.39 is 5.97 Å². The minimum absolute atomic E-state index is 0.104. The molecule has 0 fully saturated rings. The molecule has 1 unspecified atom stereocenters. The average Bonchev–Trinajstić information content (AvgIpc) is 2.92. The summed E-state index contributed by atoms with van der Waals surface area (Å²) in [5.41, 5.74) is 1.48. The fourth-order valence-electron chi connectivity index (χ4n) is 2.61. The van der Waals surface area contributed by atoms with Crippen LogP contribution in [0.15, 0.2) is 34.7 Å². The van der Waals surface area contributed by atoms with Crippen molar-refractivity contribution in [3.8, 4) is 0 Å². The highest BCUT2D eigenvalue weighted by molar-refractivity contribution is 5.90. The van der Waals surface area contributed by atoms with Crippen molar-refractivity contribution >= 4 is 5.97 Å². The predicted molar refractivity (Wildman–Crippen MR) is 85.7 cm³/mol. The van der Waals surface area contributed by atoms with Crippen LogP contribution in [-0.2, 0) is 11.3 Å². The van der Waals surface area contributed by atoms with Gasteiger partial charge < -0.3 is 9.15 Å². The molecule has 5 heteroatoms. The summed E-state index contributed by atoms with van der Waals surface area (Å²) in [6.45, 7) is 7.22. The van der Waals surface area contributed by atoms with Crippen molar-refractivity contribution in [2.45, 2.75) is 33.4 Å². The number of esters is 1. The second-order valence-electron chi connectivity index (χ2n) is 5.46. The molecule has 1 aromatic carbocycles. The number of aryl methyl sites for hydroxylation is 1. The number of rotatable bonds is 6. The molecular weight excluding hydrogens is 297 g/mol. The lowest BCUT2D eigenvalue weighted by Crippen LogP contribution is -2.26. The van der Waals surface area contributed by atoms with Crippen LogP contribution in [0, 0.1) is 12.7 Å². The maximum atomic E-state index is 13.1. The van der Waals surface area contributed by atoms with Gasteiger partial charge in [0.25, 0.3) is 0 Å². The zero-order valence-corrected chi connectivity index (χ0v) is 13.9. The van der Waals surface area contributed by atoms with Crippen LogP contribution >= 0.6 is 0 Å². The first-order valence-electron chi connectivity index (χ1n) is 7.63. The van der Waals surface area contributed by atoms with E-state index in [1.54, 1.807) is 25.1 Å². The van der Waals surface area contributed by atoms with E-state index in [0.29, 0.717) is 23.6 Å². The molecule has 0 spiro atoms. The Hall–Kier alpha value is -2.14. The normalized spacial score (nSPS) is 12.4. The number of carbonyl (C=O) groups excluding carboxylic acids is 1. The molecule has 1 heterocycles. The van der Waals surface area contributed by atoms with Crippen molar-refractivity contribution in [2.75, 3.05) is 13.7 Å². The van der Waals surface area contributed by atoms with Gasteiger partial charge >= 0.3 is 5.97 Å². The Kier molecular flexibility index (Phi) is 5.55. The number of hydrogen-bond donors (Lipinski definition) is 0. The molecule has 1 atom stereocenters. The van der Waals surface area contributed by atoms with Crippen LogP contribution in [0.5, 0.6) is 0 Å². The molecule has 2 aromatic rings. The van der Waals surface area contributed by atoms with Crippen molar-refractivity contribution in [3.63, 3.8) is 0 Å². The Morgan fingerprint density at radius 3 is 2.57 bits per heavy atom. The fourth-order valence-corrected chi connectivity index (χ4v) is 2.61. The average molecular weight is 319 g/mol. The van der Waals surface area contributed by atoms with Crippen LogP contribution in [-0.4, -0.2) is 24.5 Å². The molecule has 0 aliphatic carbocycles. The summed E-state index contributed by atoms with van der Waals surface area (Å²) < 4.78 is 23.5. The number of methoxy groups -OCH3 is 1. The molecule has 1 aromatic heterocycles. The fraction of sp³-hybridized carbons (Fsp3) is 0.389. The Bertz CT molecular complexity index is 663. The van der Waals surface area contributed by atoms with Crippen molar-refractivity contribution in [2.24, 2.45) is 0 Å². The molecule has 2 rings (SSSR count). The zero-order valence-electron chi connectivity index (χ0n) is 13.9. The third-order valence-electron chi connectivity index (χ3n) is 4.04. The van der Waals surface area contributed by atoms with E-state index in [9.17, 15) is 9.18 Å². The number of benzene rings is 1. The van der Waals surface area contributed by atoms with E-state index >= 15 is 0 Å². The first-order chi connectivity index (χ1) is 11.0. The minimum Gasteiger partial charge on any atom is -0.465 e. The SMILES string of the molecule is CCN(Cc1cc(C(=O)OC)c(C)o1)C(C)c1ccc(F)cc1. The van der Waals surface area contributed by atoms with Crippen molar-refractivity contribution < 1.29 is 18.3 Å². The minimum atomic E-state index is -0.396. The topological polar surface area (TPSA) is 42.7 Å². The Morgan fingerprint density at radius 2 is 2.00 bits per heavy atom. The second kappa shape index (κ2) is 7.42. The molecule has 0 saturated carbocycles. The van der Waals surface area contributed by atoms with Gasteiger partial charge in [-0.2, -0.15) is 0 Å². The van der Waals surface area contributed by atoms with Crippen LogP contribution in [0.4, 0.5) is 4.39 Å². The molecule has 0 aliphatic heterocycles. The smallest absolute Gasteiger partial charge is 0.341 e. The lowest BCUT2D eigenvalue weighted by Gasteiger charge is -2.27. The molecule has 124 valence electrons. The second-order valence-corrected chi connectivity index (χ2v) is 5.46. The molecule has 0 bridgehead atoms. The molecule has 0 amide bonds. The Labute approximate surface area is 135 Å². The molecule has 0 saturated heterocycles. The number of carbonyl (C=O) groups is 1. The van der Waals surface area contributed by atoms with Crippen molar-refractivity contribution in [1.29, 1.82) is 0 Å². The first kappa shape index (κ1) is 17.2. The maximum absolute atomic E-state index is 13.1. The first-order valence-corrected chi connectivity index (χ1v) is 7.63. The quantitative estimate of drug-likeness (QED) is 0.752. The maximum Gasteiger partial charge on any atom is 0.341 e. The number of ether oxygens (including phenoxy) is 1. The van der Waals surface area contributed by atoms with Gasteiger partial charge in [-0.1, -0.05) is 19.1 Å². The third kappa shape index (κ3) is 3.99. The summed E-state index contributed by atoms with van der Waals surface area (Å²) in [6.07, 6.45) is 0. The molecule has 0 radical (unpaired) electrons. The van der Waals surface area contributed by atoms with Crippen LogP contribution in [0.3, 0.4) is 0 Å². The lowest BCUT2D eigenvalue weighted by atomic mass is 10.1. The molecular formula is C18H22FNO3. The molecule has 23 heavy (non-hydrogen) atoms. The van der Waals surface area contributed by atoms with Crippen molar-refractivity contribution in [1.82, 2.24) is 4.90 Å². The zero-order chi connectivity index (χ0) is 17.0. The summed E-state index contributed by atoms with van der Waals surface area (Å²) >= 11 is 0. The largest absolute Gasteiger partial charge is 0.465 e.